The van der Waals surface area contributed by atoms with Crippen LogP contribution in [0.1, 0.15) is 6.42 Å². The summed E-state index contributed by atoms with van der Waals surface area (Å²) in [4.78, 5) is 9.44. The van der Waals surface area contributed by atoms with Crippen LogP contribution in [0.25, 0.3) is 0 Å². The maximum atomic E-state index is 9.44. The lowest BCUT2D eigenvalue weighted by Gasteiger charge is -1.79. The molecule has 0 aromatic heterocycles. The highest BCUT2D eigenvalue weighted by atomic mass is 32.3. The van der Waals surface area contributed by atoms with Crippen molar-refractivity contribution in [2.75, 3.05) is 6.61 Å². The Hall–Kier alpha value is -0.700. The summed E-state index contributed by atoms with van der Waals surface area (Å²) in [5.74, 6) is -0.961. The van der Waals surface area contributed by atoms with Gasteiger partial charge in [-0.05, 0) is 0 Å². The second kappa shape index (κ2) is 6.04. The first kappa shape index (κ1) is 12.9. The molecule has 0 aliphatic heterocycles. The second-order valence-electron chi connectivity index (χ2n) is 1.32. The van der Waals surface area contributed by atoms with E-state index in [1.165, 1.54) is 0 Å². The molecule has 0 aromatic carbocycles. The lowest BCUT2D eigenvalue weighted by atomic mass is 10.5. The molecule has 0 radical (unpaired) electrons. The minimum absolute atomic E-state index is 0.153. The molecule has 11 heavy (non-hydrogen) atoms. The van der Waals surface area contributed by atoms with Crippen LogP contribution in [0.4, 0.5) is 0 Å². The maximum absolute atomic E-state index is 9.44. The largest absolute Gasteiger partial charge is 0.481 e. The molecule has 0 aromatic rings. The number of aliphatic carboxylic acids is 1. The number of hydrogen-bond donors (Lipinski definition) is 4. The molecular formula is C3H8O7S. The highest BCUT2D eigenvalue weighted by Crippen LogP contribution is 1.70. The van der Waals surface area contributed by atoms with Crippen molar-refractivity contribution >= 4 is 16.4 Å². The van der Waals surface area contributed by atoms with Gasteiger partial charge in [0.1, 0.15) is 0 Å². The fraction of sp³-hybridized carbons (Fsp3) is 0.667. The van der Waals surface area contributed by atoms with Crippen molar-refractivity contribution in [1.29, 1.82) is 0 Å². The Kier molecular flexibility index (Phi) is 7.10. The summed E-state index contributed by atoms with van der Waals surface area (Å²) in [6.07, 6.45) is -0.153. The first-order valence-electron chi connectivity index (χ1n) is 2.30. The number of carboxylic acids is 1. The Morgan fingerprint density at radius 2 is 1.55 bits per heavy atom. The Morgan fingerprint density at radius 3 is 1.55 bits per heavy atom. The van der Waals surface area contributed by atoms with Crippen LogP contribution in [-0.4, -0.2) is 40.3 Å². The van der Waals surface area contributed by atoms with Gasteiger partial charge in [-0.1, -0.05) is 0 Å². The highest BCUT2D eigenvalue weighted by Gasteiger charge is 1.88. The lowest BCUT2D eigenvalue weighted by Crippen LogP contribution is -1.96. The number of rotatable bonds is 2. The smallest absolute Gasteiger partial charge is 0.394 e. The maximum Gasteiger partial charge on any atom is 0.394 e. The first-order valence-corrected chi connectivity index (χ1v) is 3.69. The SMILES string of the molecule is O=C(O)CCO.O=S(=O)(O)O. The van der Waals surface area contributed by atoms with Crippen LogP contribution in [0.2, 0.25) is 0 Å². The van der Waals surface area contributed by atoms with E-state index in [1.54, 1.807) is 0 Å². The molecule has 0 aliphatic carbocycles. The zero-order chi connectivity index (χ0) is 9.49. The van der Waals surface area contributed by atoms with Crippen molar-refractivity contribution in [3.05, 3.63) is 0 Å². The van der Waals surface area contributed by atoms with Gasteiger partial charge in [-0.2, -0.15) is 8.42 Å². The van der Waals surface area contributed by atoms with Gasteiger partial charge in [-0.15, -0.1) is 0 Å². The molecular weight excluding hydrogens is 180 g/mol. The van der Waals surface area contributed by atoms with Crippen LogP contribution in [0.3, 0.4) is 0 Å². The van der Waals surface area contributed by atoms with E-state index in [2.05, 4.69) is 0 Å². The van der Waals surface area contributed by atoms with Crippen LogP contribution >= 0.6 is 0 Å². The average molecular weight is 188 g/mol. The van der Waals surface area contributed by atoms with Crippen molar-refractivity contribution in [3.63, 3.8) is 0 Å². The third kappa shape index (κ3) is 93.7. The summed E-state index contributed by atoms with van der Waals surface area (Å²) in [6.45, 7) is -0.269. The van der Waals surface area contributed by atoms with Gasteiger partial charge < -0.3 is 10.2 Å². The molecule has 8 heteroatoms. The Labute approximate surface area is 62.9 Å². The van der Waals surface area contributed by atoms with Crippen molar-refractivity contribution in [2.45, 2.75) is 6.42 Å². The van der Waals surface area contributed by atoms with Crippen LogP contribution in [0.15, 0.2) is 0 Å². The summed E-state index contributed by atoms with van der Waals surface area (Å²) in [6, 6.07) is 0. The zero-order valence-electron chi connectivity index (χ0n) is 5.34. The van der Waals surface area contributed by atoms with E-state index in [0.717, 1.165) is 0 Å². The van der Waals surface area contributed by atoms with Gasteiger partial charge in [0.2, 0.25) is 0 Å². The molecule has 0 bridgehead atoms. The molecule has 0 spiro atoms. The summed E-state index contributed by atoms with van der Waals surface area (Å²) in [5, 5.41) is 15.6. The first-order chi connectivity index (χ1) is 4.77. The molecule has 0 heterocycles. The monoisotopic (exact) mass is 188 g/mol. The third-order valence-corrected chi connectivity index (χ3v) is 0.326. The quantitative estimate of drug-likeness (QED) is 0.400. The Balaban J connectivity index is 0. The van der Waals surface area contributed by atoms with Crippen LogP contribution in [0, 0.1) is 0 Å². The van der Waals surface area contributed by atoms with E-state index in [-0.39, 0.29) is 13.0 Å². The van der Waals surface area contributed by atoms with Crippen LogP contribution in [-0.2, 0) is 15.2 Å². The third-order valence-electron chi connectivity index (χ3n) is 0.326. The van der Waals surface area contributed by atoms with E-state index < -0.39 is 16.4 Å². The standard InChI is InChI=1S/C3H6O3.H2O4S/c4-2-1-3(5)6;1-5(2,3)4/h4H,1-2H2,(H,5,6);(H2,1,2,3,4). The van der Waals surface area contributed by atoms with Crippen LogP contribution in [0.5, 0.6) is 0 Å². The molecule has 7 nitrogen and oxygen atoms in total. The molecule has 0 unspecified atom stereocenters. The fourth-order valence-corrected chi connectivity index (χ4v) is 0.0956. The number of hydrogen-bond acceptors (Lipinski definition) is 4. The number of aliphatic hydroxyl groups is 1. The molecule has 0 fully saturated rings. The minimum atomic E-state index is -4.67. The molecule has 0 atom stereocenters. The van der Waals surface area contributed by atoms with Gasteiger partial charge >= 0.3 is 16.4 Å². The van der Waals surface area contributed by atoms with E-state index in [0.29, 0.717) is 0 Å². The highest BCUT2D eigenvalue weighted by molar-refractivity contribution is 7.79. The summed E-state index contributed by atoms with van der Waals surface area (Å²) in [5.41, 5.74) is 0. The fourth-order valence-electron chi connectivity index (χ4n) is 0.0956. The summed E-state index contributed by atoms with van der Waals surface area (Å²) < 4.78 is 31.6. The summed E-state index contributed by atoms with van der Waals surface area (Å²) >= 11 is 0. The Morgan fingerprint density at radius 1 is 1.27 bits per heavy atom. The van der Waals surface area contributed by atoms with E-state index in [4.69, 9.17) is 27.7 Å². The van der Waals surface area contributed by atoms with Crippen molar-refractivity contribution in [1.82, 2.24) is 0 Å². The van der Waals surface area contributed by atoms with Crippen LogP contribution < -0.4 is 0 Å². The molecule has 0 aliphatic rings. The minimum Gasteiger partial charge on any atom is -0.481 e. The normalized spacial score (nSPS) is 9.73. The molecule has 0 rings (SSSR count). The van der Waals surface area contributed by atoms with Gasteiger partial charge in [0.15, 0.2) is 0 Å². The molecule has 0 saturated carbocycles. The predicted molar refractivity (Wildman–Crippen MR) is 33.5 cm³/mol. The van der Waals surface area contributed by atoms with E-state index >= 15 is 0 Å². The van der Waals surface area contributed by atoms with Crippen molar-refractivity contribution in [2.24, 2.45) is 0 Å². The van der Waals surface area contributed by atoms with Gasteiger partial charge in [0, 0.05) is 0 Å². The van der Waals surface area contributed by atoms with E-state index in [9.17, 15) is 4.79 Å². The molecule has 0 amide bonds. The Bertz CT molecular complexity index is 184. The summed E-state index contributed by atoms with van der Waals surface area (Å²) in [7, 11) is -4.67. The zero-order valence-corrected chi connectivity index (χ0v) is 6.15. The second-order valence-corrected chi connectivity index (χ2v) is 2.21. The molecule has 68 valence electrons. The van der Waals surface area contributed by atoms with Gasteiger partial charge in [0.05, 0.1) is 13.0 Å². The van der Waals surface area contributed by atoms with Crippen molar-refractivity contribution < 1.29 is 32.5 Å². The number of carboxylic acid groups (broad SMARTS) is 1. The van der Waals surface area contributed by atoms with Crippen molar-refractivity contribution in [3.8, 4) is 0 Å². The predicted octanol–water partition coefficient (Wildman–Crippen LogP) is -1.20. The van der Waals surface area contributed by atoms with E-state index in [1.807, 2.05) is 0 Å². The topological polar surface area (TPSA) is 132 Å². The van der Waals surface area contributed by atoms with Gasteiger partial charge in [0.25, 0.3) is 0 Å². The number of carbonyl (C=O) groups is 1. The molecule has 4 N–H and O–H groups in total. The van der Waals surface area contributed by atoms with Gasteiger partial charge in [-0.3, -0.25) is 13.9 Å². The average Bonchev–Trinajstić information content (AvgIpc) is 1.58. The lowest BCUT2D eigenvalue weighted by molar-refractivity contribution is -0.137. The number of aliphatic hydroxyl groups excluding tert-OH is 1. The van der Waals surface area contributed by atoms with Gasteiger partial charge in [-0.25, -0.2) is 0 Å². The molecule has 0 saturated heterocycles.